The monoisotopic (exact) mass is 436 g/mol. The van der Waals surface area contributed by atoms with Gasteiger partial charge >= 0.3 is 0 Å². The predicted octanol–water partition coefficient (Wildman–Crippen LogP) is 4.93. The molecule has 2 aromatic rings. The van der Waals surface area contributed by atoms with Gasteiger partial charge in [0, 0.05) is 0 Å². The van der Waals surface area contributed by atoms with Crippen molar-refractivity contribution in [3.63, 3.8) is 0 Å². The van der Waals surface area contributed by atoms with E-state index >= 15 is 0 Å². The van der Waals surface area contributed by atoms with Gasteiger partial charge in [-0.25, -0.2) is 8.78 Å². The molecule has 4 nitrogen and oxygen atoms in total. The lowest BCUT2D eigenvalue weighted by Crippen LogP contribution is -2.48. The van der Waals surface area contributed by atoms with E-state index in [1.807, 2.05) is 42.2 Å². The van der Waals surface area contributed by atoms with Gasteiger partial charge in [0.05, 0.1) is 13.2 Å². The minimum atomic E-state index is -0.794. The number of anilines is 1. The summed E-state index contributed by atoms with van der Waals surface area (Å²) >= 11 is 3.25. The van der Waals surface area contributed by atoms with Crippen LogP contribution in [0.1, 0.15) is 24.9 Å². The van der Waals surface area contributed by atoms with E-state index in [0.717, 1.165) is 22.6 Å². The number of hydrogen-bond acceptors (Lipinski definition) is 3. The van der Waals surface area contributed by atoms with Crippen molar-refractivity contribution in [2.75, 3.05) is 18.7 Å². The molecule has 3 rings (SSSR count). The van der Waals surface area contributed by atoms with Crippen molar-refractivity contribution in [1.29, 1.82) is 0 Å². The van der Waals surface area contributed by atoms with Gasteiger partial charge in [0.25, 0.3) is 5.91 Å². The molecule has 1 atom stereocenters. The summed E-state index contributed by atoms with van der Waals surface area (Å²) in [6, 6.07) is 13.1. The van der Waals surface area contributed by atoms with Crippen LogP contribution in [0.5, 0.6) is 0 Å². The van der Waals surface area contributed by atoms with Crippen LogP contribution in [0.25, 0.3) is 0 Å². The molecule has 0 aliphatic carbocycles. The smallest absolute Gasteiger partial charge is 0.272 e. The third-order valence-corrected chi connectivity index (χ3v) is 5.20. The molecule has 1 heterocycles. The Kier molecular flexibility index (Phi) is 5.79. The molecule has 142 valence electrons. The van der Waals surface area contributed by atoms with Gasteiger partial charge in [0.1, 0.15) is 28.5 Å². The van der Waals surface area contributed by atoms with Crippen LogP contribution < -0.4 is 4.90 Å². The largest absolute Gasteiger partial charge is 0.481 e. The molecule has 0 spiro atoms. The number of ether oxygens (including phenoxy) is 1. The molecular formula is C20H19BrF2N2O2. The lowest BCUT2D eigenvalue weighted by Gasteiger charge is -2.41. The topological polar surface area (TPSA) is 32.8 Å². The normalized spacial score (nSPS) is 16.0. The van der Waals surface area contributed by atoms with Crippen molar-refractivity contribution < 1.29 is 18.3 Å². The summed E-state index contributed by atoms with van der Waals surface area (Å²) in [5.74, 6) is -1.81. The van der Waals surface area contributed by atoms with Crippen molar-refractivity contribution in [2.24, 2.45) is 0 Å². The number of benzene rings is 2. The summed E-state index contributed by atoms with van der Waals surface area (Å²) in [4.78, 5) is 15.7. The molecule has 0 N–H and O–H groups in total. The summed E-state index contributed by atoms with van der Waals surface area (Å²) < 4.78 is 34.2. The maximum absolute atomic E-state index is 14.3. The minimum absolute atomic E-state index is 0.0393. The van der Waals surface area contributed by atoms with Crippen LogP contribution in [-0.2, 0) is 9.53 Å². The molecular weight excluding hydrogens is 418 g/mol. The van der Waals surface area contributed by atoms with Gasteiger partial charge in [0.2, 0.25) is 5.88 Å². The van der Waals surface area contributed by atoms with Gasteiger partial charge in [-0.2, -0.15) is 0 Å². The fourth-order valence-corrected chi connectivity index (χ4v) is 3.90. The first-order chi connectivity index (χ1) is 13.0. The SMILES string of the molecule is CCC(c1ccccc1)N1CN(c2c(F)cccc2F)C(=O)C(Br)=C1OC. The van der Waals surface area contributed by atoms with Crippen LogP contribution in [0, 0.1) is 11.6 Å². The van der Waals surface area contributed by atoms with E-state index in [4.69, 9.17) is 4.74 Å². The van der Waals surface area contributed by atoms with Crippen molar-refractivity contribution >= 4 is 27.5 Å². The number of nitrogens with zero attached hydrogens (tertiary/aromatic N) is 2. The molecule has 0 bridgehead atoms. The number of methoxy groups -OCH3 is 1. The highest BCUT2D eigenvalue weighted by molar-refractivity contribution is 9.12. The zero-order chi connectivity index (χ0) is 19.6. The first kappa shape index (κ1) is 19.4. The fourth-order valence-electron chi connectivity index (χ4n) is 3.29. The van der Waals surface area contributed by atoms with Crippen molar-refractivity contribution in [1.82, 2.24) is 4.90 Å². The van der Waals surface area contributed by atoms with E-state index in [9.17, 15) is 13.6 Å². The number of carbonyl (C=O) groups is 1. The van der Waals surface area contributed by atoms with E-state index in [2.05, 4.69) is 15.9 Å². The molecule has 1 amide bonds. The highest BCUT2D eigenvalue weighted by atomic mass is 79.9. The van der Waals surface area contributed by atoms with Crippen LogP contribution >= 0.6 is 15.9 Å². The fraction of sp³-hybridized carbons (Fsp3) is 0.250. The number of rotatable bonds is 5. The average molecular weight is 437 g/mol. The quantitative estimate of drug-likeness (QED) is 0.665. The standard InChI is InChI=1S/C20H19BrF2N2O2/c1-3-16(13-8-5-4-6-9-13)24-12-25(19(26)17(21)20(24)27-2)18-14(22)10-7-11-15(18)23/h4-11,16H,3,12H2,1-2H3. The Hall–Kier alpha value is -2.41. The maximum atomic E-state index is 14.3. The molecule has 0 radical (unpaired) electrons. The third-order valence-electron chi connectivity index (χ3n) is 4.52. The van der Waals surface area contributed by atoms with Gasteiger partial charge < -0.3 is 9.64 Å². The first-order valence-electron chi connectivity index (χ1n) is 8.50. The number of halogens is 3. The maximum Gasteiger partial charge on any atom is 0.272 e. The summed E-state index contributed by atoms with van der Waals surface area (Å²) in [7, 11) is 1.47. The first-order valence-corrected chi connectivity index (χ1v) is 9.30. The highest BCUT2D eigenvalue weighted by Gasteiger charge is 2.38. The molecule has 2 aromatic carbocycles. The van der Waals surface area contributed by atoms with E-state index < -0.39 is 17.5 Å². The Morgan fingerprint density at radius 1 is 1.11 bits per heavy atom. The van der Waals surface area contributed by atoms with Crippen LogP contribution in [0.4, 0.5) is 14.5 Å². The van der Waals surface area contributed by atoms with Gasteiger partial charge in [-0.05, 0) is 40.0 Å². The summed E-state index contributed by atoms with van der Waals surface area (Å²) in [6.07, 6.45) is 0.707. The van der Waals surface area contributed by atoms with E-state index in [-0.39, 0.29) is 22.9 Å². The van der Waals surface area contributed by atoms with Crippen LogP contribution in [0.2, 0.25) is 0 Å². The van der Waals surface area contributed by atoms with Crippen molar-refractivity contribution in [2.45, 2.75) is 19.4 Å². The second-order valence-electron chi connectivity index (χ2n) is 6.07. The van der Waals surface area contributed by atoms with E-state index in [1.165, 1.54) is 13.2 Å². The molecule has 0 saturated carbocycles. The zero-order valence-electron chi connectivity index (χ0n) is 15.0. The van der Waals surface area contributed by atoms with Gasteiger partial charge in [-0.1, -0.05) is 43.3 Å². The third kappa shape index (κ3) is 3.56. The minimum Gasteiger partial charge on any atom is -0.481 e. The summed E-state index contributed by atoms with van der Waals surface area (Å²) in [5.41, 5.74) is 0.640. The Morgan fingerprint density at radius 3 is 2.30 bits per heavy atom. The predicted molar refractivity (Wildman–Crippen MR) is 103 cm³/mol. The number of hydrogen-bond donors (Lipinski definition) is 0. The number of carbonyl (C=O) groups excluding carboxylic acids is 1. The van der Waals surface area contributed by atoms with Gasteiger partial charge in [-0.15, -0.1) is 0 Å². The van der Waals surface area contributed by atoms with E-state index in [1.54, 1.807) is 0 Å². The molecule has 0 saturated heterocycles. The van der Waals surface area contributed by atoms with Crippen molar-refractivity contribution in [3.8, 4) is 0 Å². The number of amides is 1. The van der Waals surface area contributed by atoms with Gasteiger partial charge in [-0.3, -0.25) is 9.69 Å². The number of para-hydroxylation sites is 1. The molecule has 0 fully saturated rings. The highest BCUT2D eigenvalue weighted by Crippen LogP contribution is 2.37. The lowest BCUT2D eigenvalue weighted by molar-refractivity contribution is -0.116. The average Bonchev–Trinajstić information content (AvgIpc) is 2.67. The summed E-state index contributed by atoms with van der Waals surface area (Å²) in [6.45, 7) is 1.96. The second kappa shape index (κ2) is 8.08. The Morgan fingerprint density at radius 2 is 1.74 bits per heavy atom. The zero-order valence-corrected chi connectivity index (χ0v) is 16.5. The summed E-state index contributed by atoms with van der Waals surface area (Å²) in [5, 5.41) is 0. The molecule has 0 aromatic heterocycles. The molecule has 7 heteroatoms. The van der Waals surface area contributed by atoms with Gasteiger partial charge in [0.15, 0.2) is 0 Å². The second-order valence-corrected chi connectivity index (χ2v) is 6.87. The molecule has 1 aliphatic rings. The molecule has 1 unspecified atom stereocenters. The Bertz CT molecular complexity index is 853. The lowest BCUT2D eigenvalue weighted by atomic mass is 10.0. The van der Waals surface area contributed by atoms with Crippen LogP contribution in [0.3, 0.4) is 0 Å². The molecule has 27 heavy (non-hydrogen) atoms. The Labute approximate surface area is 165 Å². The Balaban J connectivity index is 2.09. The molecule has 1 aliphatic heterocycles. The van der Waals surface area contributed by atoms with Crippen LogP contribution in [-0.4, -0.2) is 24.6 Å². The van der Waals surface area contributed by atoms with E-state index in [0.29, 0.717) is 12.3 Å². The van der Waals surface area contributed by atoms with Crippen LogP contribution in [0.15, 0.2) is 58.9 Å². The van der Waals surface area contributed by atoms with Crippen molar-refractivity contribution in [3.05, 3.63) is 76.1 Å².